The van der Waals surface area contributed by atoms with Gasteiger partial charge in [0.15, 0.2) is 5.11 Å². The number of benzene rings is 3. The fourth-order valence-corrected chi connectivity index (χ4v) is 4.11. The molecule has 1 saturated heterocycles. The summed E-state index contributed by atoms with van der Waals surface area (Å²) in [6.45, 7) is 4.84. The van der Waals surface area contributed by atoms with Gasteiger partial charge in [-0.05, 0) is 79.2 Å². The van der Waals surface area contributed by atoms with Gasteiger partial charge in [-0.25, -0.2) is 4.90 Å². The average Bonchev–Trinajstić information content (AvgIpc) is 3.16. The van der Waals surface area contributed by atoms with E-state index >= 15 is 0 Å². The van der Waals surface area contributed by atoms with E-state index in [0.29, 0.717) is 41.2 Å². The van der Waals surface area contributed by atoms with Gasteiger partial charge in [0.2, 0.25) is 0 Å². The first kappa shape index (κ1) is 24.3. The molecule has 1 amide bonds. The molecule has 0 saturated carbocycles. The lowest BCUT2D eigenvalue weighted by Gasteiger charge is -2.18. The number of nitrogens with zero attached hydrogens (tertiary/aromatic N) is 1. The molecule has 6 nitrogen and oxygen atoms in total. The third-order valence-corrected chi connectivity index (χ3v) is 5.91. The van der Waals surface area contributed by atoms with Gasteiger partial charge in [-0.2, -0.15) is 0 Å². The van der Waals surface area contributed by atoms with Crippen LogP contribution in [-0.2, 0) is 17.8 Å². The number of hydrogen-bond donors (Lipinski definition) is 1. The molecule has 4 rings (SSSR count). The van der Waals surface area contributed by atoms with Gasteiger partial charge in [-0.3, -0.25) is 4.79 Å². The molecule has 180 valence electrons. The van der Waals surface area contributed by atoms with Gasteiger partial charge >= 0.3 is 0 Å². The molecule has 0 radical (unpaired) electrons. The van der Waals surface area contributed by atoms with Gasteiger partial charge in [-0.1, -0.05) is 37.3 Å². The Morgan fingerprint density at radius 2 is 1.74 bits per heavy atom. The highest BCUT2D eigenvalue weighted by molar-refractivity contribution is 7.80. The van der Waals surface area contributed by atoms with Crippen molar-refractivity contribution in [1.82, 2.24) is 5.32 Å². The first-order chi connectivity index (χ1) is 17.0. The number of carbonyl (C=O) groups excluding carboxylic acids is 1. The Bertz CT molecular complexity index is 1250. The van der Waals surface area contributed by atoms with Gasteiger partial charge in [0, 0.05) is 5.56 Å². The Kier molecular flexibility index (Phi) is 7.67. The highest BCUT2D eigenvalue weighted by Gasteiger charge is 2.33. The molecular formula is C28H28N2O4S. The van der Waals surface area contributed by atoms with Gasteiger partial charge in [0.25, 0.3) is 5.91 Å². The van der Waals surface area contributed by atoms with E-state index in [4.69, 9.17) is 26.4 Å². The summed E-state index contributed by atoms with van der Waals surface area (Å²) < 4.78 is 17.2. The van der Waals surface area contributed by atoms with Gasteiger partial charge in [-0.15, -0.1) is 0 Å². The summed E-state index contributed by atoms with van der Waals surface area (Å²) in [5.74, 6) is 1.86. The van der Waals surface area contributed by atoms with E-state index in [2.05, 4.69) is 24.4 Å². The highest BCUT2D eigenvalue weighted by atomic mass is 32.1. The van der Waals surface area contributed by atoms with Crippen molar-refractivity contribution in [2.24, 2.45) is 0 Å². The molecule has 1 fully saturated rings. The van der Waals surface area contributed by atoms with E-state index in [1.54, 1.807) is 13.2 Å². The van der Waals surface area contributed by atoms with Crippen LogP contribution < -0.4 is 24.4 Å². The van der Waals surface area contributed by atoms with Crippen molar-refractivity contribution in [2.45, 2.75) is 26.9 Å². The van der Waals surface area contributed by atoms with Crippen LogP contribution in [0.5, 0.6) is 17.2 Å². The molecule has 0 spiro atoms. The van der Waals surface area contributed by atoms with Crippen molar-refractivity contribution < 1.29 is 19.0 Å². The molecule has 3 aromatic carbocycles. The first-order valence-corrected chi connectivity index (χ1v) is 11.9. The third-order valence-electron chi connectivity index (χ3n) is 5.63. The van der Waals surface area contributed by atoms with Crippen LogP contribution in [0.1, 0.15) is 30.5 Å². The number of ether oxygens (including phenoxy) is 3. The molecule has 35 heavy (non-hydrogen) atoms. The molecule has 1 aliphatic rings. The lowest BCUT2D eigenvalue weighted by molar-refractivity contribution is -0.113. The monoisotopic (exact) mass is 488 g/mol. The molecule has 1 heterocycles. The molecule has 0 aromatic heterocycles. The molecular weight excluding hydrogens is 460 g/mol. The van der Waals surface area contributed by atoms with E-state index in [9.17, 15) is 4.79 Å². The summed E-state index contributed by atoms with van der Waals surface area (Å²) in [6.07, 6.45) is 2.76. The van der Waals surface area contributed by atoms with Gasteiger partial charge < -0.3 is 19.5 Å². The molecule has 1 aliphatic heterocycles. The second-order valence-electron chi connectivity index (χ2n) is 7.89. The Labute approximate surface area is 211 Å². The van der Waals surface area contributed by atoms with E-state index in [1.165, 1.54) is 10.5 Å². The molecule has 0 aliphatic carbocycles. The predicted octanol–water partition coefficient (Wildman–Crippen LogP) is 5.50. The van der Waals surface area contributed by atoms with Crippen molar-refractivity contribution in [3.63, 3.8) is 0 Å². The van der Waals surface area contributed by atoms with Crippen molar-refractivity contribution in [3.05, 3.63) is 89.1 Å². The SMILES string of the molecule is CCOc1ccccc1N1C(=O)/C(=C\c2ccc(OC)c(COc3ccc(CC)cc3)c2)NC1=S. The number of para-hydroxylation sites is 2. The predicted molar refractivity (Wildman–Crippen MR) is 142 cm³/mol. The second kappa shape index (κ2) is 11.1. The van der Waals surface area contributed by atoms with Crippen LogP contribution in [0.2, 0.25) is 0 Å². The maximum atomic E-state index is 13.3. The van der Waals surface area contributed by atoms with Crippen LogP contribution in [-0.4, -0.2) is 24.7 Å². The van der Waals surface area contributed by atoms with Gasteiger partial charge in [0.1, 0.15) is 29.6 Å². The number of thiocarbonyl (C=S) groups is 1. The van der Waals surface area contributed by atoms with Crippen LogP contribution in [0.3, 0.4) is 0 Å². The summed E-state index contributed by atoms with van der Waals surface area (Å²) in [7, 11) is 1.63. The number of methoxy groups -OCH3 is 1. The maximum absolute atomic E-state index is 13.3. The smallest absolute Gasteiger partial charge is 0.281 e. The van der Waals surface area contributed by atoms with E-state index in [0.717, 1.165) is 23.3 Å². The Morgan fingerprint density at radius 3 is 2.46 bits per heavy atom. The minimum absolute atomic E-state index is 0.244. The molecule has 0 bridgehead atoms. The van der Waals surface area contributed by atoms with Crippen LogP contribution in [0.25, 0.3) is 6.08 Å². The number of aryl methyl sites for hydroxylation is 1. The van der Waals surface area contributed by atoms with Crippen molar-refractivity contribution in [3.8, 4) is 17.2 Å². The minimum Gasteiger partial charge on any atom is -0.496 e. The summed E-state index contributed by atoms with van der Waals surface area (Å²) in [6, 6.07) is 21.1. The van der Waals surface area contributed by atoms with Crippen molar-refractivity contribution >= 4 is 35.0 Å². The molecule has 7 heteroatoms. The number of anilines is 1. The zero-order valence-corrected chi connectivity index (χ0v) is 20.9. The minimum atomic E-state index is -0.244. The zero-order valence-electron chi connectivity index (χ0n) is 20.0. The normalized spacial score (nSPS) is 14.3. The summed E-state index contributed by atoms with van der Waals surface area (Å²) in [5.41, 5.74) is 3.94. The number of nitrogens with one attached hydrogen (secondary N) is 1. The number of rotatable bonds is 9. The Balaban J connectivity index is 1.56. The van der Waals surface area contributed by atoms with Gasteiger partial charge in [0.05, 0.1) is 19.4 Å². The fraction of sp³-hybridized carbons (Fsp3) is 0.214. The van der Waals surface area contributed by atoms with Crippen LogP contribution >= 0.6 is 12.2 Å². The molecule has 3 aromatic rings. The Hall–Kier alpha value is -3.84. The fourth-order valence-electron chi connectivity index (χ4n) is 3.82. The topological polar surface area (TPSA) is 60.0 Å². The van der Waals surface area contributed by atoms with E-state index in [1.807, 2.05) is 61.5 Å². The van der Waals surface area contributed by atoms with E-state index in [-0.39, 0.29) is 5.91 Å². The van der Waals surface area contributed by atoms with Crippen LogP contribution in [0.4, 0.5) is 5.69 Å². The third kappa shape index (κ3) is 5.46. The van der Waals surface area contributed by atoms with Crippen LogP contribution in [0.15, 0.2) is 72.4 Å². The number of carbonyl (C=O) groups is 1. The average molecular weight is 489 g/mol. The molecule has 0 unspecified atom stereocenters. The lowest BCUT2D eigenvalue weighted by atomic mass is 10.1. The second-order valence-corrected chi connectivity index (χ2v) is 8.27. The Morgan fingerprint density at radius 1 is 0.971 bits per heavy atom. The zero-order chi connectivity index (χ0) is 24.8. The molecule has 0 atom stereocenters. The van der Waals surface area contributed by atoms with Crippen molar-refractivity contribution in [2.75, 3.05) is 18.6 Å². The number of amides is 1. The summed E-state index contributed by atoms with van der Waals surface area (Å²) in [5, 5.41) is 3.34. The standard InChI is InChI=1S/C28H28N2O4S/c1-4-19-10-13-22(14-11-19)34-18-21-16-20(12-15-25(21)32-3)17-23-27(31)30(28(35)29-23)24-8-6-7-9-26(24)33-5-2/h6-17H,4-5,18H2,1-3H3,(H,29,35)/b23-17+. The lowest BCUT2D eigenvalue weighted by Crippen LogP contribution is -2.30. The first-order valence-electron chi connectivity index (χ1n) is 11.5. The molecule has 1 N–H and O–H groups in total. The quantitative estimate of drug-likeness (QED) is 0.317. The summed E-state index contributed by atoms with van der Waals surface area (Å²) in [4.78, 5) is 14.7. The highest BCUT2D eigenvalue weighted by Crippen LogP contribution is 2.32. The number of hydrogen-bond acceptors (Lipinski definition) is 5. The summed E-state index contributed by atoms with van der Waals surface area (Å²) >= 11 is 5.47. The van der Waals surface area contributed by atoms with Crippen LogP contribution in [0, 0.1) is 0 Å². The van der Waals surface area contributed by atoms with E-state index < -0.39 is 0 Å². The maximum Gasteiger partial charge on any atom is 0.281 e. The largest absolute Gasteiger partial charge is 0.496 e. The van der Waals surface area contributed by atoms with Crippen molar-refractivity contribution in [1.29, 1.82) is 0 Å².